The Labute approximate surface area is 97.2 Å². The molecule has 0 fully saturated rings. The van der Waals surface area contributed by atoms with E-state index in [1.807, 2.05) is 30.5 Å². The monoisotopic (exact) mass is 236 g/mol. The van der Waals surface area contributed by atoms with Crippen molar-refractivity contribution in [3.05, 3.63) is 29.3 Å². The molecule has 0 saturated carbocycles. The van der Waals surface area contributed by atoms with Crippen molar-refractivity contribution >= 4 is 17.3 Å². The second kappa shape index (κ2) is 4.49. The van der Waals surface area contributed by atoms with Crippen molar-refractivity contribution in [3.63, 3.8) is 0 Å². The summed E-state index contributed by atoms with van der Waals surface area (Å²) in [6, 6.07) is 5.90. The zero-order chi connectivity index (χ0) is 11.5. The van der Waals surface area contributed by atoms with Crippen LogP contribution in [0.4, 0.5) is 0 Å². The quantitative estimate of drug-likeness (QED) is 0.885. The number of aromatic nitrogens is 2. The molecule has 0 radical (unpaired) electrons. The minimum absolute atomic E-state index is 0.0749. The van der Waals surface area contributed by atoms with Crippen LogP contribution in [0, 0.1) is 0 Å². The van der Waals surface area contributed by atoms with Crippen molar-refractivity contribution in [2.24, 2.45) is 0 Å². The molecule has 0 bridgehead atoms. The highest BCUT2D eigenvalue weighted by Crippen LogP contribution is 2.24. The molecular formula is C11H12N2O2S. The summed E-state index contributed by atoms with van der Waals surface area (Å²) in [5.41, 5.74) is 1.80. The van der Waals surface area contributed by atoms with Crippen molar-refractivity contribution in [3.8, 4) is 10.6 Å². The smallest absolute Gasteiger partial charge is 0.325 e. The first-order chi connectivity index (χ1) is 7.70. The van der Waals surface area contributed by atoms with Gasteiger partial charge < -0.3 is 5.11 Å². The number of aryl methyl sites for hydroxylation is 1. The first-order valence-electron chi connectivity index (χ1n) is 5.03. The molecule has 0 spiro atoms. The second-order valence-corrected chi connectivity index (χ2v) is 4.35. The van der Waals surface area contributed by atoms with Gasteiger partial charge in [-0.15, -0.1) is 11.3 Å². The highest BCUT2D eigenvalue weighted by molar-refractivity contribution is 7.13. The topological polar surface area (TPSA) is 55.1 Å². The van der Waals surface area contributed by atoms with E-state index in [-0.39, 0.29) is 6.54 Å². The highest BCUT2D eigenvalue weighted by atomic mass is 32.1. The normalized spacial score (nSPS) is 10.6. The Morgan fingerprint density at radius 1 is 1.62 bits per heavy atom. The Balaban J connectivity index is 2.36. The SMILES string of the molecule is CCc1cc(-c2cccs2)nn1CC(=O)O. The molecule has 5 heteroatoms. The van der Waals surface area contributed by atoms with Crippen LogP contribution < -0.4 is 0 Å². The summed E-state index contributed by atoms with van der Waals surface area (Å²) in [6.45, 7) is 1.92. The Hall–Kier alpha value is -1.62. The van der Waals surface area contributed by atoms with Crippen LogP contribution in [-0.4, -0.2) is 20.9 Å². The van der Waals surface area contributed by atoms with E-state index in [2.05, 4.69) is 5.10 Å². The molecule has 0 aliphatic carbocycles. The molecule has 1 N–H and O–H groups in total. The highest BCUT2D eigenvalue weighted by Gasteiger charge is 2.10. The van der Waals surface area contributed by atoms with Gasteiger partial charge in [-0.2, -0.15) is 5.10 Å². The van der Waals surface area contributed by atoms with E-state index in [0.717, 1.165) is 22.7 Å². The number of aliphatic carboxylic acids is 1. The van der Waals surface area contributed by atoms with Crippen LogP contribution in [0.25, 0.3) is 10.6 Å². The van der Waals surface area contributed by atoms with Gasteiger partial charge in [0.05, 0.1) is 4.88 Å². The van der Waals surface area contributed by atoms with E-state index in [0.29, 0.717) is 0 Å². The summed E-state index contributed by atoms with van der Waals surface area (Å²) in [4.78, 5) is 11.7. The first-order valence-corrected chi connectivity index (χ1v) is 5.91. The summed E-state index contributed by atoms with van der Waals surface area (Å²) in [6.07, 6.45) is 0.783. The minimum Gasteiger partial charge on any atom is -0.480 e. The van der Waals surface area contributed by atoms with Gasteiger partial charge in [0.1, 0.15) is 12.2 Å². The predicted octanol–water partition coefficient (Wildman–Crippen LogP) is 2.26. The number of carboxylic acid groups (broad SMARTS) is 1. The third-order valence-corrected chi connectivity index (χ3v) is 3.18. The number of hydrogen-bond donors (Lipinski definition) is 1. The summed E-state index contributed by atoms with van der Waals surface area (Å²) < 4.78 is 1.55. The molecule has 4 nitrogen and oxygen atoms in total. The van der Waals surface area contributed by atoms with Crippen LogP contribution >= 0.6 is 11.3 Å². The Morgan fingerprint density at radius 2 is 2.44 bits per heavy atom. The van der Waals surface area contributed by atoms with Crippen molar-refractivity contribution in [1.82, 2.24) is 9.78 Å². The number of nitrogens with zero attached hydrogens (tertiary/aromatic N) is 2. The van der Waals surface area contributed by atoms with Gasteiger partial charge in [0.25, 0.3) is 0 Å². The van der Waals surface area contributed by atoms with E-state index < -0.39 is 5.97 Å². The lowest BCUT2D eigenvalue weighted by atomic mass is 10.3. The molecule has 0 aliphatic rings. The molecular weight excluding hydrogens is 224 g/mol. The molecule has 0 aromatic carbocycles. The van der Waals surface area contributed by atoms with Crippen LogP contribution in [0.3, 0.4) is 0 Å². The zero-order valence-electron chi connectivity index (χ0n) is 8.88. The van der Waals surface area contributed by atoms with E-state index in [4.69, 9.17) is 5.11 Å². The first kappa shape index (κ1) is 10.9. The van der Waals surface area contributed by atoms with Gasteiger partial charge in [-0.1, -0.05) is 13.0 Å². The number of carboxylic acids is 1. The van der Waals surface area contributed by atoms with E-state index >= 15 is 0 Å². The van der Waals surface area contributed by atoms with Crippen LogP contribution in [0.1, 0.15) is 12.6 Å². The van der Waals surface area contributed by atoms with Gasteiger partial charge in [-0.3, -0.25) is 9.48 Å². The summed E-state index contributed by atoms with van der Waals surface area (Å²) in [5, 5.41) is 15.1. The molecule has 0 unspecified atom stereocenters. The average Bonchev–Trinajstić information content (AvgIpc) is 2.83. The van der Waals surface area contributed by atoms with Gasteiger partial charge >= 0.3 is 5.97 Å². The van der Waals surface area contributed by atoms with Crippen LogP contribution in [0.2, 0.25) is 0 Å². The third-order valence-electron chi connectivity index (χ3n) is 2.28. The Bertz CT molecular complexity index is 488. The molecule has 16 heavy (non-hydrogen) atoms. The van der Waals surface area contributed by atoms with Gasteiger partial charge in [0, 0.05) is 5.69 Å². The Kier molecular flexibility index (Phi) is 3.05. The zero-order valence-corrected chi connectivity index (χ0v) is 9.70. The predicted molar refractivity (Wildman–Crippen MR) is 62.6 cm³/mol. The van der Waals surface area contributed by atoms with Crippen molar-refractivity contribution in [1.29, 1.82) is 0 Å². The lowest BCUT2D eigenvalue weighted by Gasteiger charge is -2.00. The summed E-state index contributed by atoms with van der Waals surface area (Å²) in [5.74, 6) is -0.865. The van der Waals surface area contributed by atoms with E-state index in [9.17, 15) is 4.79 Å². The lowest BCUT2D eigenvalue weighted by molar-refractivity contribution is -0.137. The Morgan fingerprint density at radius 3 is 3.00 bits per heavy atom. The van der Waals surface area contributed by atoms with Crippen LogP contribution in [0.5, 0.6) is 0 Å². The summed E-state index contributed by atoms with van der Waals surface area (Å²) in [7, 11) is 0. The molecule has 2 aromatic heterocycles. The maximum atomic E-state index is 10.7. The van der Waals surface area contributed by atoms with Gasteiger partial charge in [0.2, 0.25) is 0 Å². The fourth-order valence-electron chi connectivity index (χ4n) is 1.55. The standard InChI is InChI=1S/C11H12N2O2S/c1-2-8-6-9(10-4-3-5-16-10)12-13(8)7-11(14)15/h3-6H,2,7H2,1H3,(H,14,15). The molecule has 0 saturated heterocycles. The van der Waals surface area contributed by atoms with E-state index in [1.165, 1.54) is 0 Å². The summed E-state index contributed by atoms with van der Waals surface area (Å²) >= 11 is 1.60. The minimum atomic E-state index is -0.865. The van der Waals surface area contributed by atoms with Gasteiger partial charge in [0.15, 0.2) is 0 Å². The molecule has 0 atom stereocenters. The molecule has 0 amide bonds. The molecule has 0 aliphatic heterocycles. The lowest BCUT2D eigenvalue weighted by Crippen LogP contribution is -2.12. The number of carbonyl (C=O) groups is 1. The van der Waals surface area contributed by atoms with Crippen molar-refractivity contribution in [2.45, 2.75) is 19.9 Å². The third kappa shape index (κ3) is 2.14. The average molecular weight is 236 g/mol. The van der Waals surface area contributed by atoms with Crippen molar-refractivity contribution in [2.75, 3.05) is 0 Å². The number of hydrogen-bond acceptors (Lipinski definition) is 3. The van der Waals surface area contributed by atoms with Crippen molar-refractivity contribution < 1.29 is 9.90 Å². The molecule has 2 heterocycles. The molecule has 2 aromatic rings. The van der Waals surface area contributed by atoms with Crippen LogP contribution in [0.15, 0.2) is 23.6 Å². The van der Waals surface area contributed by atoms with Crippen LogP contribution in [-0.2, 0) is 17.8 Å². The number of rotatable bonds is 4. The van der Waals surface area contributed by atoms with Gasteiger partial charge in [-0.25, -0.2) is 0 Å². The maximum Gasteiger partial charge on any atom is 0.325 e. The molecule has 84 valence electrons. The number of thiophene rings is 1. The second-order valence-electron chi connectivity index (χ2n) is 3.40. The fraction of sp³-hybridized carbons (Fsp3) is 0.273. The van der Waals surface area contributed by atoms with Gasteiger partial charge in [-0.05, 0) is 23.9 Å². The van der Waals surface area contributed by atoms with E-state index in [1.54, 1.807) is 16.0 Å². The fourth-order valence-corrected chi connectivity index (χ4v) is 2.23. The molecule has 2 rings (SSSR count). The maximum absolute atomic E-state index is 10.7. The largest absolute Gasteiger partial charge is 0.480 e.